The van der Waals surface area contributed by atoms with Crippen LogP contribution in [0.4, 0.5) is 5.82 Å². The van der Waals surface area contributed by atoms with Crippen molar-refractivity contribution in [3.05, 3.63) is 94.9 Å². The van der Waals surface area contributed by atoms with Crippen LogP contribution in [0.1, 0.15) is 47.4 Å². The Morgan fingerprint density at radius 3 is 2.17 bits per heavy atom. The summed E-state index contributed by atoms with van der Waals surface area (Å²) in [6, 6.07) is 17.0. The molecule has 158 valence electrons. The van der Waals surface area contributed by atoms with Gasteiger partial charge in [0.15, 0.2) is 0 Å². The fourth-order valence-electron chi connectivity index (χ4n) is 2.56. The number of aliphatic imine (C=N–C) groups is 1. The van der Waals surface area contributed by atoms with E-state index in [2.05, 4.69) is 90.8 Å². The summed E-state index contributed by atoms with van der Waals surface area (Å²) in [7, 11) is 1.69. The van der Waals surface area contributed by atoms with E-state index in [1.54, 1.807) is 13.3 Å². The molecule has 0 unspecified atom stereocenters. The van der Waals surface area contributed by atoms with Crippen LogP contribution < -0.4 is 5.73 Å². The number of nitrogens with two attached hydrogens (primary N) is 1. The van der Waals surface area contributed by atoms with E-state index in [1.807, 2.05) is 13.8 Å². The molecule has 0 radical (unpaired) electrons. The summed E-state index contributed by atoms with van der Waals surface area (Å²) >= 11 is 0. The van der Waals surface area contributed by atoms with Crippen molar-refractivity contribution in [3.63, 3.8) is 0 Å². The highest BCUT2D eigenvalue weighted by atomic mass is 14.9. The van der Waals surface area contributed by atoms with E-state index in [1.165, 1.54) is 28.6 Å². The van der Waals surface area contributed by atoms with E-state index in [0.717, 1.165) is 23.3 Å². The van der Waals surface area contributed by atoms with Crippen molar-refractivity contribution in [1.82, 2.24) is 9.97 Å². The third-order valence-corrected chi connectivity index (χ3v) is 4.41. The largest absolute Gasteiger partial charge is 0.383 e. The smallest absolute Gasteiger partial charge is 0.135 e. The minimum Gasteiger partial charge on any atom is -0.383 e. The first-order valence-corrected chi connectivity index (χ1v) is 10.1. The quantitative estimate of drug-likeness (QED) is 0.546. The maximum absolute atomic E-state index is 5.57. The summed E-state index contributed by atoms with van der Waals surface area (Å²) in [6.07, 6.45) is 4.24. The lowest BCUT2D eigenvalue weighted by molar-refractivity contribution is 1.10. The lowest BCUT2D eigenvalue weighted by Crippen LogP contribution is -2.01. The highest BCUT2D eigenvalue weighted by Gasteiger charge is 2.00. The van der Waals surface area contributed by atoms with E-state index in [0.29, 0.717) is 5.82 Å². The topological polar surface area (TPSA) is 64.2 Å². The van der Waals surface area contributed by atoms with Crippen LogP contribution in [0, 0.1) is 20.8 Å². The number of hydrogen-bond acceptors (Lipinski definition) is 4. The minimum absolute atomic E-state index is 0.475. The second-order valence-electron chi connectivity index (χ2n) is 7.13. The van der Waals surface area contributed by atoms with Crippen LogP contribution in [0.3, 0.4) is 0 Å². The molecule has 0 saturated carbocycles. The molecular weight excluding hydrogens is 368 g/mol. The fraction of sp³-hybridized carbons (Fsp3) is 0.269. The third-order valence-electron chi connectivity index (χ3n) is 4.41. The van der Waals surface area contributed by atoms with Gasteiger partial charge in [0.1, 0.15) is 12.1 Å². The Morgan fingerprint density at radius 1 is 1.03 bits per heavy atom. The predicted octanol–water partition coefficient (Wildman–Crippen LogP) is 6.00. The fourth-order valence-corrected chi connectivity index (χ4v) is 2.56. The number of rotatable bonds is 3. The monoisotopic (exact) mass is 402 g/mol. The molecule has 3 aromatic rings. The van der Waals surface area contributed by atoms with Crippen molar-refractivity contribution >= 4 is 17.6 Å². The van der Waals surface area contributed by atoms with E-state index in [-0.39, 0.29) is 0 Å². The SMILES string of the molecule is C=C(C)c1ccc(C)cc1.CCc1cccc(C)c1.CN=Cc1c(C)ncnc1N. The molecule has 30 heavy (non-hydrogen) atoms. The molecule has 0 aliphatic carbocycles. The van der Waals surface area contributed by atoms with Crippen molar-refractivity contribution in [2.75, 3.05) is 12.8 Å². The molecule has 1 aromatic heterocycles. The van der Waals surface area contributed by atoms with Gasteiger partial charge < -0.3 is 5.73 Å². The Balaban J connectivity index is 0.000000226. The van der Waals surface area contributed by atoms with Gasteiger partial charge in [-0.1, -0.05) is 78.7 Å². The van der Waals surface area contributed by atoms with Crippen LogP contribution >= 0.6 is 0 Å². The van der Waals surface area contributed by atoms with Crippen molar-refractivity contribution < 1.29 is 0 Å². The predicted molar refractivity (Wildman–Crippen MR) is 131 cm³/mol. The van der Waals surface area contributed by atoms with Crippen LogP contribution in [-0.2, 0) is 6.42 Å². The first kappa shape index (κ1) is 24.8. The van der Waals surface area contributed by atoms with Gasteiger partial charge in [0.05, 0.1) is 11.3 Å². The van der Waals surface area contributed by atoms with Crippen LogP contribution in [0.15, 0.2) is 66.4 Å². The molecule has 0 spiro atoms. The molecule has 2 N–H and O–H groups in total. The summed E-state index contributed by atoms with van der Waals surface area (Å²) in [5.41, 5.74) is 13.6. The third kappa shape index (κ3) is 8.82. The zero-order chi connectivity index (χ0) is 22.5. The normalized spacial score (nSPS) is 9.93. The molecule has 0 aliphatic heterocycles. The number of nitrogen functional groups attached to an aromatic ring is 1. The van der Waals surface area contributed by atoms with Crippen LogP contribution in [-0.4, -0.2) is 23.2 Å². The standard InChI is InChI=1S/C10H12.C9H12.C7H10N4/c1-8(2)10-6-4-9(3)5-7-10;1-3-9-6-4-5-8(2)7-9;1-5-6(3-9-2)7(8)11-4-10-5/h4-7H,1H2,2-3H3;4-7H,3H2,1-2H3;3-4H,1-2H3,(H2,8,10,11). The number of benzene rings is 2. The number of aromatic nitrogens is 2. The maximum atomic E-state index is 5.57. The van der Waals surface area contributed by atoms with Gasteiger partial charge in [0, 0.05) is 13.3 Å². The first-order chi connectivity index (χ1) is 14.3. The highest BCUT2D eigenvalue weighted by molar-refractivity contribution is 5.86. The van der Waals surface area contributed by atoms with Gasteiger partial charge in [0.25, 0.3) is 0 Å². The average Bonchev–Trinajstić information content (AvgIpc) is 2.72. The molecule has 0 saturated heterocycles. The van der Waals surface area contributed by atoms with Gasteiger partial charge in [-0.05, 0) is 45.2 Å². The molecular formula is C26H34N4. The minimum atomic E-state index is 0.475. The van der Waals surface area contributed by atoms with Crippen molar-refractivity contribution in [2.24, 2.45) is 4.99 Å². The van der Waals surface area contributed by atoms with E-state index in [4.69, 9.17) is 5.73 Å². The van der Waals surface area contributed by atoms with E-state index >= 15 is 0 Å². The number of aryl methyl sites for hydroxylation is 4. The Morgan fingerprint density at radius 2 is 1.70 bits per heavy atom. The highest BCUT2D eigenvalue weighted by Crippen LogP contribution is 2.11. The Kier molecular flexibility index (Phi) is 10.8. The molecule has 4 heteroatoms. The van der Waals surface area contributed by atoms with Gasteiger partial charge in [0.2, 0.25) is 0 Å². The number of nitrogens with zero attached hydrogens (tertiary/aromatic N) is 3. The van der Waals surface area contributed by atoms with Gasteiger partial charge in [-0.25, -0.2) is 9.97 Å². The van der Waals surface area contributed by atoms with Crippen molar-refractivity contribution in [2.45, 2.75) is 41.0 Å². The molecule has 3 rings (SSSR count). The lowest BCUT2D eigenvalue weighted by Gasteiger charge is -1.99. The second kappa shape index (κ2) is 13.0. The summed E-state index contributed by atoms with van der Waals surface area (Å²) < 4.78 is 0. The summed E-state index contributed by atoms with van der Waals surface area (Å²) in [5.74, 6) is 0.475. The van der Waals surface area contributed by atoms with Gasteiger partial charge in [-0.3, -0.25) is 4.99 Å². The molecule has 1 heterocycles. The van der Waals surface area contributed by atoms with Crippen LogP contribution in [0.5, 0.6) is 0 Å². The van der Waals surface area contributed by atoms with Crippen LogP contribution in [0.2, 0.25) is 0 Å². The molecule has 0 atom stereocenters. The summed E-state index contributed by atoms with van der Waals surface area (Å²) in [6.45, 7) is 14.1. The van der Waals surface area contributed by atoms with E-state index in [9.17, 15) is 0 Å². The Bertz CT molecular complexity index is 937. The Hall–Kier alpha value is -3.27. The summed E-state index contributed by atoms with van der Waals surface area (Å²) in [5, 5.41) is 0. The molecule has 2 aromatic carbocycles. The van der Waals surface area contributed by atoms with Gasteiger partial charge in [-0.2, -0.15) is 0 Å². The number of hydrogen-bond donors (Lipinski definition) is 1. The maximum Gasteiger partial charge on any atom is 0.135 e. The summed E-state index contributed by atoms with van der Waals surface area (Å²) in [4.78, 5) is 11.7. The van der Waals surface area contributed by atoms with Crippen molar-refractivity contribution in [1.29, 1.82) is 0 Å². The van der Waals surface area contributed by atoms with Gasteiger partial charge in [-0.15, -0.1) is 0 Å². The molecule has 0 fully saturated rings. The number of anilines is 1. The zero-order valence-electron chi connectivity index (χ0n) is 19.1. The molecule has 0 bridgehead atoms. The van der Waals surface area contributed by atoms with Gasteiger partial charge >= 0.3 is 0 Å². The van der Waals surface area contributed by atoms with Crippen molar-refractivity contribution in [3.8, 4) is 0 Å². The molecule has 0 aliphatic rings. The first-order valence-electron chi connectivity index (χ1n) is 10.1. The molecule has 0 amide bonds. The van der Waals surface area contributed by atoms with Crippen LogP contribution in [0.25, 0.3) is 5.57 Å². The zero-order valence-corrected chi connectivity index (χ0v) is 19.1. The number of allylic oxidation sites excluding steroid dienone is 1. The average molecular weight is 403 g/mol. The second-order valence-corrected chi connectivity index (χ2v) is 7.13. The lowest BCUT2D eigenvalue weighted by atomic mass is 10.1. The van der Waals surface area contributed by atoms with E-state index < -0.39 is 0 Å². The Labute approximate surface area is 181 Å². The molecule has 4 nitrogen and oxygen atoms in total.